The van der Waals surface area contributed by atoms with Gasteiger partial charge in [-0.3, -0.25) is 9.59 Å². The molecular weight excluding hydrogens is 292 g/mol. The van der Waals surface area contributed by atoms with Crippen LogP contribution in [0.1, 0.15) is 78.1 Å². The van der Waals surface area contributed by atoms with Crippen LogP contribution in [0.15, 0.2) is 0 Å². The average Bonchev–Trinajstić information content (AvgIpc) is 2.61. The lowest BCUT2D eigenvalue weighted by molar-refractivity contribution is -0.178. The van der Waals surface area contributed by atoms with Crippen molar-refractivity contribution in [3.05, 3.63) is 0 Å². The van der Waals surface area contributed by atoms with Crippen LogP contribution in [0.4, 0.5) is 0 Å². The van der Waals surface area contributed by atoms with Gasteiger partial charge in [0.15, 0.2) is 5.78 Å². The fraction of sp³-hybridized carbons (Fsp3) is 0.895. The van der Waals surface area contributed by atoms with Crippen LogP contribution >= 0.6 is 0 Å². The second-order valence-corrected chi connectivity index (χ2v) is 7.07. The molecule has 0 radical (unpaired) electrons. The minimum absolute atomic E-state index is 0.133. The molecule has 0 amide bonds. The van der Waals surface area contributed by atoms with Crippen LogP contribution in [0.3, 0.4) is 0 Å². The van der Waals surface area contributed by atoms with Gasteiger partial charge in [0.1, 0.15) is 6.61 Å². The molecule has 0 saturated heterocycles. The zero-order valence-electron chi connectivity index (χ0n) is 14.8. The van der Waals surface area contributed by atoms with Crippen molar-refractivity contribution in [3.63, 3.8) is 0 Å². The number of ketones is 1. The first-order valence-corrected chi connectivity index (χ1v) is 9.41. The Kier molecular flexibility index (Phi) is 6.63. The molecule has 2 fully saturated rings. The van der Waals surface area contributed by atoms with Crippen LogP contribution in [-0.2, 0) is 19.1 Å². The lowest BCUT2D eigenvalue weighted by atomic mass is 9.50. The number of carbonyl (C=O) groups is 2. The molecule has 0 unspecified atom stereocenters. The van der Waals surface area contributed by atoms with Gasteiger partial charge in [0.2, 0.25) is 0 Å². The van der Waals surface area contributed by atoms with E-state index in [2.05, 4.69) is 0 Å². The molecule has 0 aromatic carbocycles. The highest BCUT2D eigenvalue weighted by atomic mass is 16.5. The number of rotatable bonds is 7. The first-order valence-electron chi connectivity index (χ1n) is 9.41. The standard InChI is InChI=1S/C19H32O4/c1-3-22-15-16(20)18(11-7-5-8-12-18)19(17(21)23-4-2)13-9-6-10-14-19/h3-15H2,1-2H3. The molecule has 0 aliphatic heterocycles. The van der Waals surface area contributed by atoms with Gasteiger partial charge in [0, 0.05) is 12.0 Å². The van der Waals surface area contributed by atoms with Crippen LogP contribution in [0, 0.1) is 10.8 Å². The Bertz CT molecular complexity index is 404. The molecule has 0 aromatic rings. The van der Waals surface area contributed by atoms with Gasteiger partial charge in [0.25, 0.3) is 0 Å². The molecule has 2 aliphatic carbocycles. The van der Waals surface area contributed by atoms with Crippen molar-refractivity contribution >= 4 is 11.8 Å². The van der Waals surface area contributed by atoms with Crippen molar-refractivity contribution in [1.82, 2.24) is 0 Å². The molecule has 132 valence electrons. The predicted octanol–water partition coefficient (Wildman–Crippen LogP) is 4.06. The van der Waals surface area contributed by atoms with Crippen LogP contribution in [-0.4, -0.2) is 31.6 Å². The summed E-state index contributed by atoms with van der Waals surface area (Å²) in [5.74, 6) is 0.000418. The van der Waals surface area contributed by atoms with E-state index in [1.165, 1.54) is 0 Å². The van der Waals surface area contributed by atoms with Crippen molar-refractivity contribution in [1.29, 1.82) is 0 Å². The average molecular weight is 324 g/mol. The first-order chi connectivity index (χ1) is 11.1. The Morgan fingerprint density at radius 1 is 0.783 bits per heavy atom. The van der Waals surface area contributed by atoms with Crippen molar-refractivity contribution in [2.24, 2.45) is 10.8 Å². The third kappa shape index (κ3) is 3.47. The molecule has 4 nitrogen and oxygen atoms in total. The van der Waals surface area contributed by atoms with Gasteiger partial charge >= 0.3 is 5.97 Å². The second-order valence-electron chi connectivity index (χ2n) is 7.07. The monoisotopic (exact) mass is 324 g/mol. The van der Waals surface area contributed by atoms with E-state index in [9.17, 15) is 9.59 Å². The highest BCUT2D eigenvalue weighted by Crippen LogP contribution is 2.58. The summed E-state index contributed by atoms with van der Waals surface area (Å²) in [4.78, 5) is 26.1. The Hall–Kier alpha value is -0.900. The predicted molar refractivity (Wildman–Crippen MR) is 89.2 cm³/mol. The highest BCUT2D eigenvalue weighted by Gasteiger charge is 2.60. The molecule has 2 rings (SSSR count). The summed E-state index contributed by atoms with van der Waals surface area (Å²) in [5, 5.41) is 0. The van der Waals surface area contributed by atoms with E-state index < -0.39 is 10.8 Å². The Labute approximate surface area is 140 Å². The van der Waals surface area contributed by atoms with Crippen LogP contribution in [0.25, 0.3) is 0 Å². The Morgan fingerprint density at radius 2 is 1.30 bits per heavy atom. The normalized spacial score (nSPS) is 23.2. The van der Waals surface area contributed by atoms with Crippen LogP contribution in [0.2, 0.25) is 0 Å². The Balaban J connectivity index is 2.39. The van der Waals surface area contributed by atoms with Gasteiger partial charge in [-0.25, -0.2) is 0 Å². The van der Waals surface area contributed by atoms with Gasteiger partial charge in [-0.15, -0.1) is 0 Å². The highest BCUT2D eigenvalue weighted by molar-refractivity contribution is 5.93. The lowest BCUT2D eigenvalue weighted by Crippen LogP contribution is -2.56. The fourth-order valence-electron chi connectivity index (χ4n) is 4.82. The van der Waals surface area contributed by atoms with Gasteiger partial charge in [-0.05, 0) is 39.5 Å². The smallest absolute Gasteiger partial charge is 0.313 e. The summed E-state index contributed by atoms with van der Waals surface area (Å²) in [6.45, 7) is 4.81. The molecule has 0 N–H and O–H groups in total. The van der Waals surface area contributed by atoms with Crippen molar-refractivity contribution in [2.45, 2.75) is 78.1 Å². The molecule has 2 aliphatic rings. The number of esters is 1. The van der Waals surface area contributed by atoms with Crippen LogP contribution in [0.5, 0.6) is 0 Å². The molecule has 2 saturated carbocycles. The second kappa shape index (κ2) is 8.27. The molecule has 0 spiro atoms. The summed E-state index contributed by atoms with van der Waals surface area (Å²) >= 11 is 0. The van der Waals surface area contributed by atoms with Crippen molar-refractivity contribution in [2.75, 3.05) is 19.8 Å². The molecule has 0 bridgehead atoms. The molecule has 0 atom stereocenters. The number of carbonyl (C=O) groups excluding carboxylic acids is 2. The largest absolute Gasteiger partial charge is 0.466 e. The quantitative estimate of drug-likeness (QED) is 0.663. The number of Topliss-reactive ketones (excluding diaryl/α,β-unsaturated/α-hetero) is 1. The van der Waals surface area contributed by atoms with E-state index in [1.807, 2.05) is 13.8 Å². The summed E-state index contributed by atoms with van der Waals surface area (Å²) < 4.78 is 10.9. The van der Waals surface area contributed by atoms with E-state index in [0.717, 1.165) is 64.2 Å². The maximum atomic E-state index is 13.2. The minimum atomic E-state index is -0.615. The summed E-state index contributed by atoms with van der Waals surface area (Å²) in [6.07, 6.45) is 9.62. The lowest BCUT2D eigenvalue weighted by Gasteiger charge is -2.51. The number of hydrogen-bond acceptors (Lipinski definition) is 4. The van der Waals surface area contributed by atoms with E-state index in [-0.39, 0.29) is 18.4 Å². The fourth-order valence-corrected chi connectivity index (χ4v) is 4.82. The molecular formula is C19H32O4. The van der Waals surface area contributed by atoms with E-state index in [1.54, 1.807) is 0 Å². The molecule has 23 heavy (non-hydrogen) atoms. The van der Waals surface area contributed by atoms with Gasteiger partial charge in [0.05, 0.1) is 12.0 Å². The molecule has 0 aromatic heterocycles. The van der Waals surface area contributed by atoms with Crippen LogP contribution < -0.4 is 0 Å². The maximum Gasteiger partial charge on any atom is 0.313 e. The van der Waals surface area contributed by atoms with Gasteiger partial charge in [-0.1, -0.05) is 38.5 Å². The molecule has 0 heterocycles. The summed E-state index contributed by atoms with van der Waals surface area (Å²) in [6, 6.07) is 0. The summed E-state index contributed by atoms with van der Waals surface area (Å²) in [5.41, 5.74) is -1.18. The number of ether oxygens (including phenoxy) is 2. The SMILES string of the molecule is CCOCC(=O)C1(C2(C(=O)OCC)CCCCC2)CCCCC1. The van der Waals surface area contributed by atoms with Gasteiger partial charge in [-0.2, -0.15) is 0 Å². The first kappa shape index (κ1) is 18.4. The third-order valence-corrected chi connectivity index (χ3v) is 5.97. The maximum absolute atomic E-state index is 13.2. The molecule has 4 heteroatoms. The zero-order valence-corrected chi connectivity index (χ0v) is 14.8. The number of hydrogen-bond donors (Lipinski definition) is 0. The van der Waals surface area contributed by atoms with Crippen molar-refractivity contribution < 1.29 is 19.1 Å². The van der Waals surface area contributed by atoms with E-state index in [0.29, 0.717) is 13.2 Å². The zero-order chi connectivity index (χ0) is 16.8. The van der Waals surface area contributed by atoms with E-state index in [4.69, 9.17) is 9.47 Å². The van der Waals surface area contributed by atoms with Crippen molar-refractivity contribution in [3.8, 4) is 0 Å². The minimum Gasteiger partial charge on any atom is -0.466 e. The van der Waals surface area contributed by atoms with Gasteiger partial charge < -0.3 is 9.47 Å². The topological polar surface area (TPSA) is 52.6 Å². The third-order valence-electron chi connectivity index (χ3n) is 5.97. The Morgan fingerprint density at radius 3 is 1.78 bits per heavy atom. The summed E-state index contributed by atoms with van der Waals surface area (Å²) in [7, 11) is 0. The van der Waals surface area contributed by atoms with E-state index >= 15 is 0 Å².